The van der Waals surface area contributed by atoms with Crippen LogP contribution >= 0.6 is 0 Å². The van der Waals surface area contributed by atoms with Crippen LogP contribution in [0.4, 0.5) is 87.8 Å². The van der Waals surface area contributed by atoms with Gasteiger partial charge in [0.05, 0.1) is 0 Å². The summed E-state index contributed by atoms with van der Waals surface area (Å²) in [7, 11) is 0. The second-order valence-corrected chi connectivity index (χ2v) is 8.59. The van der Waals surface area contributed by atoms with E-state index in [-0.39, 0.29) is 10.4 Å². The summed E-state index contributed by atoms with van der Waals surface area (Å²) in [6, 6.07) is 0.957. The van der Waals surface area contributed by atoms with Gasteiger partial charge >= 0.3 is 53.8 Å². The molecule has 0 bridgehead atoms. The zero-order valence-electron chi connectivity index (χ0n) is 20.0. The Hall–Kier alpha value is -3.11. The van der Waals surface area contributed by atoms with Crippen molar-refractivity contribution in [3.63, 3.8) is 0 Å². The zero-order valence-corrected chi connectivity index (χ0v) is 20.0. The van der Waals surface area contributed by atoms with Crippen LogP contribution in [-0.2, 0) is 12.6 Å². The monoisotopic (exact) mass is 674 g/mol. The zero-order chi connectivity index (χ0) is 34.0. The molecule has 0 atom stereocenters. The number of nitrogens with zero attached hydrogens (tertiary/aromatic N) is 4. The molecule has 2 rings (SSSR count). The van der Waals surface area contributed by atoms with Crippen LogP contribution in [-0.4, -0.2) is 67.4 Å². The fraction of sp³-hybridized carbons (Fsp3) is 0.632. The van der Waals surface area contributed by atoms with E-state index in [0.29, 0.717) is 18.3 Å². The van der Waals surface area contributed by atoms with Gasteiger partial charge < -0.3 is 0 Å². The van der Waals surface area contributed by atoms with Crippen LogP contribution in [0.25, 0.3) is 5.95 Å². The first-order valence-electron chi connectivity index (χ1n) is 10.5. The van der Waals surface area contributed by atoms with E-state index >= 15 is 0 Å². The minimum Gasteiger partial charge on any atom is -0.216 e. The second kappa shape index (κ2) is 10.2. The normalized spacial score (nSPS) is 15.3. The van der Waals surface area contributed by atoms with Crippen molar-refractivity contribution in [3.05, 3.63) is 35.4 Å². The summed E-state index contributed by atoms with van der Waals surface area (Å²) in [6.07, 6.45) is -16.8. The third-order valence-corrected chi connectivity index (χ3v) is 5.46. The molecule has 0 radical (unpaired) electrons. The summed E-state index contributed by atoms with van der Waals surface area (Å²) in [5, 5.41) is 2.98. The van der Waals surface area contributed by atoms with Crippen LogP contribution in [0.2, 0.25) is 0 Å². The molecule has 2 aromatic heterocycles. The average Bonchev–Trinajstić information content (AvgIpc) is 3.32. The maximum Gasteiger partial charge on any atom is 0.460 e. The van der Waals surface area contributed by atoms with Crippen molar-refractivity contribution in [1.29, 1.82) is 0 Å². The van der Waals surface area contributed by atoms with Crippen molar-refractivity contribution in [2.75, 3.05) is 0 Å². The van der Waals surface area contributed by atoms with Crippen LogP contribution in [0.15, 0.2) is 18.3 Å². The van der Waals surface area contributed by atoms with Gasteiger partial charge in [-0.15, -0.1) is 0 Å². The van der Waals surface area contributed by atoms with Crippen LogP contribution < -0.4 is 0 Å². The second-order valence-electron chi connectivity index (χ2n) is 8.59. The first-order valence-corrected chi connectivity index (χ1v) is 10.5. The van der Waals surface area contributed by atoms with Gasteiger partial charge in [0.1, 0.15) is 0 Å². The van der Waals surface area contributed by atoms with E-state index < -0.39 is 84.0 Å². The molecule has 0 aliphatic heterocycles. The van der Waals surface area contributed by atoms with Crippen molar-refractivity contribution in [3.8, 4) is 5.95 Å². The molecule has 0 aromatic carbocycles. The first kappa shape index (κ1) is 36.1. The summed E-state index contributed by atoms with van der Waals surface area (Å²) in [6.45, 7) is 0.989. The topological polar surface area (TPSA) is 43.6 Å². The van der Waals surface area contributed by atoms with Crippen LogP contribution in [0.3, 0.4) is 0 Å². The summed E-state index contributed by atoms with van der Waals surface area (Å²) in [5.41, 5.74) is -2.83. The number of rotatable bonds is 10. The SMILES string of the molecule is Cc1cc(CCC(F)(F)C(F)(F)C(F)(F)C(F)(F)C(F)(F)C(F)(F)C(F)(F)C(F)(F)F)nc(-n2ccc(C(F)(F)F)n2)n1. The van der Waals surface area contributed by atoms with Crippen molar-refractivity contribution in [2.24, 2.45) is 0 Å². The Bertz CT molecular complexity index is 1310. The fourth-order valence-corrected chi connectivity index (χ4v) is 3.07. The smallest absolute Gasteiger partial charge is 0.216 e. The van der Waals surface area contributed by atoms with Gasteiger partial charge in [0.15, 0.2) is 5.69 Å². The van der Waals surface area contributed by atoms with Gasteiger partial charge in [-0.2, -0.15) is 92.9 Å². The number of alkyl halides is 20. The highest BCUT2D eigenvalue weighted by molar-refractivity contribution is 5.21. The fourth-order valence-electron chi connectivity index (χ4n) is 3.07. The molecule has 0 amide bonds. The van der Waals surface area contributed by atoms with E-state index in [1.807, 2.05) is 0 Å². The number of aryl methyl sites for hydroxylation is 2. The van der Waals surface area contributed by atoms with Crippen LogP contribution in [0.1, 0.15) is 23.5 Å². The van der Waals surface area contributed by atoms with Crippen molar-refractivity contribution < 1.29 is 87.8 Å². The van der Waals surface area contributed by atoms with E-state index in [0.717, 1.165) is 6.92 Å². The Morgan fingerprint density at radius 1 is 0.605 bits per heavy atom. The minimum absolute atomic E-state index is 0.264. The Morgan fingerprint density at radius 2 is 1.05 bits per heavy atom. The summed E-state index contributed by atoms with van der Waals surface area (Å²) >= 11 is 0. The lowest BCUT2D eigenvalue weighted by atomic mass is 9.88. The van der Waals surface area contributed by atoms with E-state index in [4.69, 9.17) is 0 Å². The summed E-state index contributed by atoms with van der Waals surface area (Å²) < 4.78 is 266. The van der Waals surface area contributed by atoms with Crippen molar-refractivity contribution >= 4 is 0 Å². The van der Waals surface area contributed by atoms with Gasteiger partial charge in [-0.1, -0.05) is 0 Å². The van der Waals surface area contributed by atoms with E-state index in [2.05, 4.69) is 15.1 Å². The van der Waals surface area contributed by atoms with Gasteiger partial charge in [0, 0.05) is 24.0 Å². The van der Waals surface area contributed by atoms with Crippen molar-refractivity contribution in [1.82, 2.24) is 19.7 Å². The Balaban J connectivity index is 2.45. The molecule has 0 N–H and O–H groups in total. The predicted molar refractivity (Wildman–Crippen MR) is 97.9 cm³/mol. The summed E-state index contributed by atoms with van der Waals surface area (Å²) in [5.74, 6) is -58.1. The number of aromatic nitrogens is 4. The predicted octanol–water partition coefficient (Wildman–Crippen LogP) is 7.93. The van der Waals surface area contributed by atoms with Crippen molar-refractivity contribution in [2.45, 2.75) is 73.6 Å². The Morgan fingerprint density at radius 3 is 1.47 bits per heavy atom. The number of hydrogen-bond acceptors (Lipinski definition) is 3. The molecule has 0 unspecified atom stereocenters. The molecule has 0 saturated heterocycles. The lowest BCUT2D eigenvalue weighted by molar-refractivity contribution is -0.461. The molecule has 0 aliphatic carbocycles. The first-order chi connectivity index (χ1) is 18.8. The van der Waals surface area contributed by atoms with E-state index in [1.54, 1.807) is 0 Å². The highest BCUT2D eigenvalue weighted by Crippen LogP contribution is 2.64. The lowest BCUT2D eigenvalue weighted by Crippen LogP contribution is -2.74. The number of hydrogen-bond donors (Lipinski definition) is 0. The molecule has 0 fully saturated rings. The maximum atomic E-state index is 14.2. The van der Waals surface area contributed by atoms with E-state index in [1.165, 1.54) is 0 Å². The molecule has 24 heteroatoms. The molecule has 0 aliphatic rings. The summed E-state index contributed by atoms with van der Waals surface area (Å²) in [4.78, 5) is 6.84. The molecule has 43 heavy (non-hydrogen) atoms. The van der Waals surface area contributed by atoms with Gasteiger partial charge in [-0.3, -0.25) is 0 Å². The largest absolute Gasteiger partial charge is 0.460 e. The quantitative estimate of drug-likeness (QED) is 0.241. The van der Waals surface area contributed by atoms with E-state index in [9.17, 15) is 87.8 Å². The molecular formula is C19H10F20N4. The molecule has 0 spiro atoms. The van der Waals surface area contributed by atoms with Gasteiger partial charge in [0.25, 0.3) is 5.95 Å². The average molecular weight is 674 g/mol. The molecule has 2 heterocycles. The molecule has 4 nitrogen and oxygen atoms in total. The highest BCUT2D eigenvalue weighted by Gasteiger charge is 2.95. The molecule has 0 saturated carbocycles. The van der Waals surface area contributed by atoms with Crippen LogP contribution in [0.5, 0.6) is 0 Å². The third-order valence-electron chi connectivity index (χ3n) is 5.46. The Kier molecular flexibility index (Phi) is 8.58. The van der Waals surface area contributed by atoms with Gasteiger partial charge in [-0.05, 0) is 25.5 Å². The molecular weight excluding hydrogens is 664 g/mol. The lowest BCUT2D eigenvalue weighted by Gasteiger charge is -2.42. The standard InChI is InChI=1S/C19H10F20N4/c1-7-6-8(41-10(40-7)43-5-3-9(42-43)12(22,23)24)2-4-11(20,21)13(25,26)14(27,28)15(29,30)16(31,32)17(33,34)18(35,36)19(37,38)39/h3,5-6H,2,4H2,1H3. The number of halogens is 20. The maximum absolute atomic E-state index is 14.2. The van der Waals surface area contributed by atoms with Crippen LogP contribution in [0, 0.1) is 6.92 Å². The molecule has 2 aromatic rings. The minimum atomic E-state index is -8.74. The van der Waals surface area contributed by atoms with Gasteiger partial charge in [0.2, 0.25) is 0 Å². The van der Waals surface area contributed by atoms with Gasteiger partial charge in [-0.25, -0.2) is 14.6 Å². The third kappa shape index (κ3) is 5.64. The highest BCUT2D eigenvalue weighted by atomic mass is 19.4. The molecule has 246 valence electrons. The Labute approximate surface area is 223 Å².